The number of carbonyl (C=O) groups is 1. The van der Waals surface area contributed by atoms with Crippen LogP contribution < -0.4 is 29.4 Å². The normalized spacial score (nSPS) is 4.00. The average molecular weight is 114 g/mol. The summed E-state index contributed by atoms with van der Waals surface area (Å²) >= 11 is 0. The van der Waals surface area contributed by atoms with Crippen molar-refractivity contribution in [3.63, 3.8) is 0 Å². The van der Waals surface area contributed by atoms with Gasteiger partial charge in [0.1, 0.15) is 6.09 Å². The third kappa shape index (κ3) is 97.0. The smallest absolute Gasteiger partial charge is 0.131 e. The van der Waals surface area contributed by atoms with Crippen LogP contribution >= 0.6 is 0 Å². The first-order valence-electron chi connectivity index (χ1n) is 0.697. The summed E-state index contributed by atoms with van der Waals surface area (Å²) in [5.74, 6) is 0. The van der Waals surface area contributed by atoms with Crippen molar-refractivity contribution in [1.82, 2.24) is 6.15 Å². The van der Waals surface area contributed by atoms with E-state index in [1.165, 1.54) is 0 Å². The van der Waals surface area contributed by atoms with Gasteiger partial charge in [-0.2, -0.15) is 0 Å². The minimum Gasteiger partial charge on any atom is -1.00 e. The summed E-state index contributed by atoms with van der Waals surface area (Å²) in [6.07, 6.45) is -1.58. The third-order valence-electron chi connectivity index (χ3n) is 0. The number of hydrogen-bond acceptors (Lipinski definition) is 2. The van der Waals surface area contributed by atoms with Crippen molar-refractivity contribution in [3.05, 3.63) is 0 Å². The predicted molar refractivity (Wildman–Crippen MR) is 15.6 cm³/mol. The van der Waals surface area contributed by atoms with E-state index in [1.54, 1.807) is 0 Å². The molecule has 0 saturated heterocycles. The van der Waals surface area contributed by atoms with Crippen molar-refractivity contribution >= 4 is 6.09 Å². The fraction of sp³-hybridized carbons (Fsp3) is 0. The molecule has 6 heavy (non-hydrogen) atoms. The van der Waals surface area contributed by atoms with E-state index in [2.05, 4.69) is 5.73 Å². The predicted octanol–water partition coefficient (Wildman–Crippen LogP) is -4.33. The van der Waals surface area contributed by atoms with Gasteiger partial charge in [0.15, 0.2) is 0 Å². The van der Waals surface area contributed by atoms with Gasteiger partial charge in [-0.25, -0.2) is 0 Å². The molecule has 0 unspecified atom stereocenters. The van der Waals surface area contributed by atoms with Crippen LogP contribution in [0.3, 0.4) is 0 Å². The molecule has 0 aliphatic carbocycles. The Morgan fingerprint density at radius 2 is 1.67 bits per heavy atom. The highest BCUT2D eigenvalue weighted by molar-refractivity contribution is 5.58. The van der Waals surface area contributed by atoms with Crippen molar-refractivity contribution in [2.75, 3.05) is 0 Å². The van der Waals surface area contributed by atoms with Gasteiger partial charge >= 0.3 is 0 Å². The van der Waals surface area contributed by atoms with Gasteiger partial charge in [0.05, 0.1) is 0 Å². The molecule has 0 rings (SSSR count). The molecule has 0 aromatic carbocycles. The van der Waals surface area contributed by atoms with Gasteiger partial charge in [-0.3, -0.25) is 0 Å². The van der Waals surface area contributed by atoms with Gasteiger partial charge in [0.2, 0.25) is 0 Å². The number of quaternary nitrogens is 1. The summed E-state index contributed by atoms with van der Waals surface area (Å²) in [6.45, 7) is 0. The summed E-state index contributed by atoms with van der Waals surface area (Å²) in [5.41, 5.74) is 3.92. The van der Waals surface area contributed by atoms with E-state index in [-0.39, 0.29) is 18.6 Å². The van der Waals surface area contributed by atoms with Crippen LogP contribution in [-0.4, -0.2) is 6.09 Å². The molecule has 0 aromatic heterocycles. The largest absolute Gasteiger partial charge is 1.00 e. The highest BCUT2D eigenvalue weighted by Crippen LogP contribution is 1.23. The maximum Gasteiger partial charge on any atom is 0.131 e. The molecule has 0 saturated carbocycles. The molecule has 0 fully saturated rings. The van der Waals surface area contributed by atoms with Crippen molar-refractivity contribution in [2.45, 2.75) is 0 Å². The number of hydrogen-bond donors (Lipinski definition) is 2. The van der Waals surface area contributed by atoms with E-state index in [9.17, 15) is 0 Å². The number of carbonyl (C=O) groups excluding carboxylic acids is 1. The van der Waals surface area contributed by atoms with Gasteiger partial charge in [-0.15, -0.1) is 0 Å². The van der Waals surface area contributed by atoms with Crippen molar-refractivity contribution in [2.24, 2.45) is 5.73 Å². The number of amides is 1. The summed E-state index contributed by atoms with van der Waals surface area (Å²) in [5, 5.41) is 8.67. The van der Waals surface area contributed by atoms with E-state index in [0.717, 1.165) is 0 Å². The summed E-state index contributed by atoms with van der Waals surface area (Å²) in [7, 11) is 0. The molecule has 5 heteroatoms. The van der Waals surface area contributed by atoms with Gasteiger partial charge < -0.3 is 34.2 Å². The van der Waals surface area contributed by atoms with Crippen LogP contribution in [0.25, 0.3) is 0 Å². The van der Waals surface area contributed by atoms with Crippen LogP contribution in [0.15, 0.2) is 0 Å². The maximum absolute atomic E-state index is 8.67. The third-order valence-corrected chi connectivity index (χ3v) is 0. The Bertz CT molecular complexity index is 34.5. The lowest BCUT2D eigenvalue weighted by atomic mass is 11.3. The lowest BCUT2D eigenvalue weighted by Gasteiger charge is -1.78. The first-order chi connectivity index (χ1) is 1.73. The number of halogens is 1. The minimum absolute atomic E-state index is 0. The zero-order valence-electron chi connectivity index (χ0n) is 3.27. The van der Waals surface area contributed by atoms with Gasteiger partial charge in [0.25, 0.3) is 0 Å². The van der Waals surface area contributed by atoms with E-state index < -0.39 is 6.09 Å². The van der Waals surface area contributed by atoms with Gasteiger partial charge in [0, 0.05) is 0 Å². The minimum atomic E-state index is -1.58. The SMILES string of the molecule is NC(=O)[O-].[Cl-].[NH4+]. The van der Waals surface area contributed by atoms with Crippen molar-refractivity contribution in [3.8, 4) is 0 Å². The van der Waals surface area contributed by atoms with Gasteiger partial charge in [-0.1, -0.05) is 0 Å². The van der Waals surface area contributed by atoms with Crippen molar-refractivity contribution in [1.29, 1.82) is 0 Å². The molecule has 6 N–H and O–H groups in total. The molecule has 0 aliphatic heterocycles. The topological polar surface area (TPSA) is 103 Å². The van der Waals surface area contributed by atoms with E-state index in [0.29, 0.717) is 0 Å². The Hall–Kier alpha value is -0.480. The van der Waals surface area contributed by atoms with Crippen LogP contribution in [0, 0.1) is 0 Å². The molecular weight excluding hydrogens is 107 g/mol. The molecule has 0 aliphatic rings. The second kappa shape index (κ2) is 8.82. The monoisotopic (exact) mass is 113 g/mol. The molecule has 0 spiro atoms. The second-order valence-corrected chi connectivity index (χ2v) is 0.319. The zero-order valence-corrected chi connectivity index (χ0v) is 4.03. The standard InChI is InChI=1S/CH3NO2.ClH.H3N/c2-1(3)4;;/h2H2,(H,3,4);1H;1H3/p-1. The van der Waals surface area contributed by atoms with E-state index in [1.807, 2.05) is 0 Å². The Balaban J connectivity index is -0.0000000450. The average Bonchev–Trinajstić information content (AvgIpc) is 0.811. The lowest BCUT2D eigenvalue weighted by molar-refractivity contribution is -0.245. The molecule has 0 atom stereocenters. The molecule has 0 aromatic rings. The summed E-state index contributed by atoms with van der Waals surface area (Å²) < 4.78 is 0. The highest BCUT2D eigenvalue weighted by atomic mass is 35.5. The van der Waals surface area contributed by atoms with Crippen LogP contribution in [0.1, 0.15) is 0 Å². The fourth-order valence-electron chi connectivity index (χ4n) is 0. The van der Waals surface area contributed by atoms with E-state index >= 15 is 0 Å². The summed E-state index contributed by atoms with van der Waals surface area (Å²) in [6, 6.07) is 0. The molecule has 0 bridgehead atoms. The quantitative estimate of drug-likeness (QED) is 0.332. The van der Waals surface area contributed by atoms with Crippen LogP contribution in [0.4, 0.5) is 4.79 Å². The Kier molecular flexibility index (Phi) is 26.1. The number of rotatable bonds is 0. The zero-order chi connectivity index (χ0) is 3.58. The number of nitrogens with two attached hydrogens (primary N) is 1. The first kappa shape index (κ1) is 17.8. The van der Waals surface area contributed by atoms with Crippen LogP contribution in [0.5, 0.6) is 0 Å². The number of carboxylic acid groups (broad SMARTS) is 1. The highest BCUT2D eigenvalue weighted by Gasteiger charge is 1.44. The number of primary amides is 1. The van der Waals surface area contributed by atoms with E-state index in [4.69, 9.17) is 9.90 Å². The first-order valence-corrected chi connectivity index (χ1v) is 0.697. The molecule has 40 valence electrons. The Morgan fingerprint density at radius 1 is 1.67 bits per heavy atom. The molecule has 0 radical (unpaired) electrons. The molecular formula is CH6ClN2O2-. The summed E-state index contributed by atoms with van der Waals surface area (Å²) in [4.78, 5) is 8.67. The maximum atomic E-state index is 8.67. The van der Waals surface area contributed by atoms with Crippen LogP contribution in [-0.2, 0) is 0 Å². The Morgan fingerprint density at radius 3 is 1.67 bits per heavy atom. The molecule has 4 nitrogen and oxygen atoms in total. The fourth-order valence-corrected chi connectivity index (χ4v) is 0. The van der Waals surface area contributed by atoms with Crippen LogP contribution in [0.2, 0.25) is 0 Å². The van der Waals surface area contributed by atoms with Crippen molar-refractivity contribution < 1.29 is 22.3 Å². The lowest BCUT2D eigenvalue weighted by Crippen LogP contribution is -3.00. The van der Waals surface area contributed by atoms with Gasteiger partial charge in [-0.05, 0) is 0 Å². The Labute approximate surface area is 41.3 Å². The second-order valence-electron chi connectivity index (χ2n) is 0.319. The molecule has 1 amide bonds. The molecule has 0 heterocycles.